The maximum atomic E-state index is 13.0. The molecular weight excluding hydrogens is 454 g/mol. The maximum Gasteiger partial charge on any atom is 0.262 e. The molecule has 0 spiro atoms. The van der Waals surface area contributed by atoms with E-state index in [9.17, 15) is 9.90 Å². The molecule has 0 radical (unpaired) electrons. The molecule has 154 valence electrons. The summed E-state index contributed by atoms with van der Waals surface area (Å²) < 4.78 is 9.56. The van der Waals surface area contributed by atoms with Gasteiger partial charge in [0.15, 0.2) is 5.75 Å². The fourth-order valence-electron chi connectivity index (χ4n) is 4.44. The number of aryl methyl sites for hydroxylation is 1. The number of nitrogens with one attached hydrogen (secondary N) is 1. The van der Waals surface area contributed by atoms with E-state index in [0.717, 1.165) is 44.6 Å². The van der Waals surface area contributed by atoms with Gasteiger partial charge in [0.1, 0.15) is 23.4 Å². The lowest BCUT2D eigenvalue weighted by atomic mass is 10.2. The number of ether oxygens (including phenoxy) is 1. The van der Waals surface area contributed by atoms with E-state index in [1.54, 1.807) is 4.57 Å². The number of aliphatic hydroxyl groups is 1. The van der Waals surface area contributed by atoms with Crippen LogP contribution in [0.2, 0.25) is 0 Å². The summed E-state index contributed by atoms with van der Waals surface area (Å²) in [5.41, 5.74) is 0.0443. The van der Waals surface area contributed by atoms with Crippen molar-refractivity contribution in [2.24, 2.45) is 0 Å². The molecule has 1 fully saturated rings. The molecule has 1 aliphatic heterocycles. The number of fused-ring (bicyclic) bond motifs is 4. The van der Waals surface area contributed by atoms with Crippen LogP contribution >= 0.6 is 27.3 Å². The molecule has 2 N–H and O–H groups in total. The van der Waals surface area contributed by atoms with Gasteiger partial charge in [0.25, 0.3) is 5.56 Å². The Hall–Kier alpha value is -1.48. The van der Waals surface area contributed by atoms with Crippen molar-refractivity contribution in [1.29, 1.82) is 0 Å². The number of halogens is 1. The van der Waals surface area contributed by atoms with Crippen LogP contribution in [-0.4, -0.2) is 40.0 Å². The first-order valence-corrected chi connectivity index (χ1v) is 11.9. The highest BCUT2D eigenvalue weighted by molar-refractivity contribution is 9.10. The summed E-state index contributed by atoms with van der Waals surface area (Å²) in [5.74, 6) is 1.55. The van der Waals surface area contributed by atoms with Crippen LogP contribution in [0.3, 0.4) is 0 Å². The Labute approximate surface area is 181 Å². The zero-order chi connectivity index (χ0) is 20.0. The molecule has 5 rings (SSSR count). The van der Waals surface area contributed by atoms with Crippen molar-refractivity contribution in [1.82, 2.24) is 14.9 Å². The molecule has 29 heavy (non-hydrogen) atoms. The van der Waals surface area contributed by atoms with E-state index < -0.39 is 6.10 Å². The van der Waals surface area contributed by atoms with E-state index in [4.69, 9.17) is 9.72 Å². The number of nitrogens with zero attached hydrogens (tertiary/aromatic N) is 2. The SMILES string of the molecule is O=c1c2c(nc3n1CCC3)sc1c(OCC(O)CNC3CCCC3)c(Br)ccc12. The Bertz CT molecular complexity index is 1120. The predicted molar refractivity (Wildman–Crippen MR) is 119 cm³/mol. The van der Waals surface area contributed by atoms with Gasteiger partial charge in [0.2, 0.25) is 0 Å². The molecule has 3 heterocycles. The van der Waals surface area contributed by atoms with Crippen LogP contribution in [0.15, 0.2) is 21.4 Å². The van der Waals surface area contributed by atoms with Gasteiger partial charge in [-0.05, 0) is 41.3 Å². The van der Waals surface area contributed by atoms with Gasteiger partial charge in [-0.25, -0.2) is 4.98 Å². The lowest BCUT2D eigenvalue weighted by molar-refractivity contribution is 0.104. The molecule has 2 aliphatic rings. The van der Waals surface area contributed by atoms with Crippen LogP contribution in [0.4, 0.5) is 0 Å². The smallest absolute Gasteiger partial charge is 0.262 e. The number of benzene rings is 1. The summed E-state index contributed by atoms with van der Waals surface area (Å²) in [4.78, 5) is 18.5. The van der Waals surface area contributed by atoms with Crippen LogP contribution in [-0.2, 0) is 13.0 Å². The third-order valence-electron chi connectivity index (χ3n) is 5.95. The minimum atomic E-state index is -0.584. The highest BCUT2D eigenvalue weighted by Crippen LogP contribution is 2.41. The second-order valence-corrected chi connectivity index (χ2v) is 9.83. The number of thiophene rings is 1. The quantitative estimate of drug-likeness (QED) is 0.567. The van der Waals surface area contributed by atoms with Crippen LogP contribution < -0.4 is 15.6 Å². The number of rotatable bonds is 6. The summed E-state index contributed by atoms with van der Waals surface area (Å²) in [6.45, 7) is 1.48. The number of aromatic nitrogens is 2. The molecule has 2 aromatic heterocycles. The van der Waals surface area contributed by atoms with Gasteiger partial charge in [-0.2, -0.15) is 0 Å². The van der Waals surface area contributed by atoms with Gasteiger partial charge in [0.05, 0.1) is 14.6 Å². The van der Waals surface area contributed by atoms with Crippen molar-refractivity contribution in [2.45, 2.75) is 57.2 Å². The molecule has 1 aliphatic carbocycles. The summed E-state index contributed by atoms with van der Waals surface area (Å²) in [6, 6.07) is 4.38. The summed E-state index contributed by atoms with van der Waals surface area (Å²) in [7, 11) is 0. The molecule has 8 heteroatoms. The second kappa shape index (κ2) is 7.98. The van der Waals surface area contributed by atoms with Gasteiger partial charge < -0.3 is 15.2 Å². The first-order valence-electron chi connectivity index (χ1n) is 10.3. The Morgan fingerprint density at radius 3 is 3.00 bits per heavy atom. The molecule has 0 bridgehead atoms. The van der Waals surface area contributed by atoms with Gasteiger partial charge >= 0.3 is 0 Å². The largest absolute Gasteiger partial charge is 0.488 e. The monoisotopic (exact) mass is 477 g/mol. The minimum Gasteiger partial charge on any atom is -0.488 e. The lowest BCUT2D eigenvalue weighted by Crippen LogP contribution is -2.36. The molecule has 1 aromatic carbocycles. The fraction of sp³-hybridized carbons (Fsp3) is 0.524. The van der Waals surface area contributed by atoms with Gasteiger partial charge in [-0.1, -0.05) is 18.9 Å². The highest BCUT2D eigenvalue weighted by Gasteiger charge is 2.22. The molecule has 1 unspecified atom stereocenters. The molecule has 6 nitrogen and oxygen atoms in total. The Morgan fingerprint density at radius 2 is 2.17 bits per heavy atom. The summed E-state index contributed by atoms with van der Waals surface area (Å²) in [5, 5.41) is 15.3. The topological polar surface area (TPSA) is 76.4 Å². The predicted octanol–water partition coefficient (Wildman–Crippen LogP) is 3.59. The van der Waals surface area contributed by atoms with E-state index in [1.165, 1.54) is 37.0 Å². The van der Waals surface area contributed by atoms with Crippen molar-refractivity contribution in [2.75, 3.05) is 13.2 Å². The zero-order valence-corrected chi connectivity index (χ0v) is 18.5. The van der Waals surface area contributed by atoms with Crippen molar-refractivity contribution in [3.8, 4) is 5.75 Å². The van der Waals surface area contributed by atoms with Crippen molar-refractivity contribution >= 4 is 47.6 Å². The average molecular weight is 478 g/mol. The third kappa shape index (κ3) is 3.60. The lowest BCUT2D eigenvalue weighted by Gasteiger charge is -2.17. The Kier molecular flexibility index (Phi) is 5.36. The molecule has 0 saturated heterocycles. The van der Waals surface area contributed by atoms with E-state index in [-0.39, 0.29) is 12.2 Å². The minimum absolute atomic E-state index is 0.0443. The molecular formula is C21H24BrN3O3S. The molecule has 1 saturated carbocycles. The first kappa shape index (κ1) is 19.5. The zero-order valence-electron chi connectivity index (χ0n) is 16.1. The molecule has 3 aromatic rings. The molecule has 0 amide bonds. The maximum absolute atomic E-state index is 13.0. The van der Waals surface area contributed by atoms with Crippen LogP contribution in [0.25, 0.3) is 20.3 Å². The van der Waals surface area contributed by atoms with Crippen LogP contribution in [0.1, 0.15) is 37.9 Å². The Balaban J connectivity index is 1.42. The summed E-state index contributed by atoms with van der Waals surface area (Å²) >= 11 is 5.06. The second-order valence-electron chi connectivity index (χ2n) is 7.98. The van der Waals surface area contributed by atoms with Crippen molar-refractivity contribution in [3.05, 3.63) is 32.8 Å². The van der Waals surface area contributed by atoms with Crippen molar-refractivity contribution < 1.29 is 9.84 Å². The number of hydrogen-bond donors (Lipinski definition) is 2. The van der Waals surface area contributed by atoms with Crippen LogP contribution in [0, 0.1) is 0 Å². The highest BCUT2D eigenvalue weighted by atomic mass is 79.9. The van der Waals surface area contributed by atoms with Gasteiger partial charge in [-0.15, -0.1) is 11.3 Å². The fourth-order valence-corrected chi connectivity index (χ4v) is 6.20. The number of hydrogen-bond acceptors (Lipinski definition) is 6. The van der Waals surface area contributed by atoms with E-state index >= 15 is 0 Å². The third-order valence-corrected chi connectivity index (χ3v) is 7.67. The van der Waals surface area contributed by atoms with E-state index in [0.29, 0.717) is 23.7 Å². The van der Waals surface area contributed by atoms with Crippen molar-refractivity contribution in [3.63, 3.8) is 0 Å². The van der Waals surface area contributed by atoms with E-state index in [2.05, 4.69) is 21.2 Å². The average Bonchev–Trinajstić information content (AvgIpc) is 3.45. The summed E-state index contributed by atoms with van der Waals surface area (Å²) in [6.07, 6.45) is 6.15. The van der Waals surface area contributed by atoms with Crippen LogP contribution in [0.5, 0.6) is 5.75 Å². The van der Waals surface area contributed by atoms with E-state index in [1.807, 2.05) is 12.1 Å². The molecule has 1 atom stereocenters. The van der Waals surface area contributed by atoms with Gasteiger partial charge in [0, 0.05) is 30.9 Å². The Morgan fingerprint density at radius 1 is 1.34 bits per heavy atom. The number of aliphatic hydroxyl groups excluding tert-OH is 1. The van der Waals surface area contributed by atoms with Gasteiger partial charge in [-0.3, -0.25) is 9.36 Å². The normalized spacial score (nSPS) is 18.0. The standard InChI is InChI=1S/C21H24BrN3O3S/c22-15-8-7-14-17-20(24-16-6-3-9-25(16)21(17)27)29-19(14)18(15)28-11-13(26)10-23-12-4-1-2-5-12/h7-8,12-13,23,26H,1-6,9-11H2. The first-order chi connectivity index (χ1) is 14.1.